The number of carbonyl (C=O) groups excluding carboxylic acids is 1. The normalized spacial score (nSPS) is 12.0. The highest BCUT2D eigenvalue weighted by atomic mass is 19.4. The standard InChI is InChI=1S/C14H17F4NO2/c1-3-4-19(8-14(16,17)18)7-10-5-11(15)6-12(9(2)20)13(10)21/h5-6,21H,3-4,7-8H2,1-2H3. The molecule has 0 atom stereocenters. The molecule has 0 bridgehead atoms. The minimum Gasteiger partial charge on any atom is -0.507 e. The Bertz CT molecular complexity index is 514. The van der Waals surface area contributed by atoms with Gasteiger partial charge in [0, 0.05) is 12.1 Å². The smallest absolute Gasteiger partial charge is 0.401 e. The number of benzene rings is 1. The molecule has 7 heteroatoms. The first-order valence-corrected chi connectivity index (χ1v) is 6.45. The molecule has 118 valence electrons. The van der Waals surface area contributed by atoms with Crippen molar-refractivity contribution in [2.24, 2.45) is 0 Å². The summed E-state index contributed by atoms with van der Waals surface area (Å²) >= 11 is 0. The summed E-state index contributed by atoms with van der Waals surface area (Å²) in [6, 6.07) is 1.82. The number of rotatable bonds is 6. The molecule has 0 saturated heterocycles. The van der Waals surface area contributed by atoms with Gasteiger partial charge in [-0.3, -0.25) is 9.69 Å². The Labute approximate surface area is 120 Å². The third-order valence-corrected chi connectivity index (χ3v) is 2.87. The van der Waals surface area contributed by atoms with Crippen molar-refractivity contribution in [2.75, 3.05) is 13.1 Å². The minimum atomic E-state index is -4.39. The van der Waals surface area contributed by atoms with Crippen LogP contribution in [-0.2, 0) is 6.54 Å². The van der Waals surface area contributed by atoms with E-state index in [-0.39, 0.29) is 24.2 Å². The van der Waals surface area contributed by atoms with Gasteiger partial charge in [-0.1, -0.05) is 6.92 Å². The number of aromatic hydroxyl groups is 1. The van der Waals surface area contributed by atoms with E-state index >= 15 is 0 Å². The molecule has 0 radical (unpaired) electrons. The summed E-state index contributed by atoms with van der Waals surface area (Å²) in [5, 5.41) is 9.90. The lowest BCUT2D eigenvalue weighted by atomic mass is 10.0. The monoisotopic (exact) mass is 307 g/mol. The fraction of sp³-hybridized carbons (Fsp3) is 0.500. The molecule has 0 aliphatic carbocycles. The Balaban J connectivity index is 3.06. The molecule has 3 nitrogen and oxygen atoms in total. The van der Waals surface area contributed by atoms with Gasteiger partial charge in [-0.2, -0.15) is 13.2 Å². The summed E-state index contributed by atoms with van der Waals surface area (Å²) < 4.78 is 50.9. The van der Waals surface area contributed by atoms with Crippen molar-refractivity contribution in [3.63, 3.8) is 0 Å². The van der Waals surface area contributed by atoms with Crippen molar-refractivity contribution in [2.45, 2.75) is 33.0 Å². The SMILES string of the molecule is CCCN(Cc1cc(F)cc(C(C)=O)c1O)CC(F)(F)F. The molecule has 21 heavy (non-hydrogen) atoms. The lowest BCUT2D eigenvalue weighted by Crippen LogP contribution is -2.34. The van der Waals surface area contributed by atoms with E-state index in [1.54, 1.807) is 6.92 Å². The molecule has 1 aromatic rings. The summed E-state index contributed by atoms with van der Waals surface area (Å²) in [6.07, 6.45) is -3.91. The number of carbonyl (C=O) groups is 1. The predicted molar refractivity (Wildman–Crippen MR) is 69.7 cm³/mol. The Morgan fingerprint density at radius 2 is 1.95 bits per heavy atom. The van der Waals surface area contributed by atoms with E-state index in [2.05, 4.69) is 0 Å². The van der Waals surface area contributed by atoms with Gasteiger partial charge in [0.25, 0.3) is 0 Å². The molecule has 0 aliphatic heterocycles. The Hall–Kier alpha value is -1.63. The van der Waals surface area contributed by atoms with E-state index in [0.29, 0.717) is 6.42 Å². The van der Waals surface area contributed by atoms with Crippen LogP contribution < -0.4 is 0 Å². The fourth-order valence-corrected chi connectivity index (χ4v) is 2.07. The van der Waals surface area contributed by atoms with Crippen molar-refractivity contribution < 1.29 is 27.5 Å². The second-order valence-corrected chi connectivity index (χ2v) is 4.84. The molecule has 0 saturated carbocycles. The summed E-state index contributed by atoms with van der Waals surface area (Å²) in [6.45, 7) is 1.57. The average molecular weight is 307 g/mol. The first kappa shape index (κ1) is 17.4. The van der Waals surface area contributed by atoms with Crippen molar-refractivity contribution in [3.8, 4) is 5.75 Å². The maximum atomic E-state index is 13.4. The highest BCUT2D eigenvalue weighted by Crippen LogP contribution is 2.27. The van der Waals surface area contributed by atoms with E-state index < -0.39 is 30.1 Å². The van der Waals surface area contributed by atoms with Crippen molar-refractivity contribution in [1.29, 1.82) is 0 Å². The summed E-state index contributed by atoms with van der Waals surface area (Å²) in [4.78, 5) is 12.3. The molecule has 1 aromatic carbocycles. The van der Waals surface area contributed by atoms with Crippen LogP contribution in [0.3, 0.4) is 0 Å². The predicted octanol–water partition coefficient (Wildman–Crippen LogP) is 3.51. The largest absolute Gasteiger partial charge is 0.507 e. The fourth-order valence-electron chi connectivity index (χ4n) is 2.07. The second kappa shape index (κ2) is 6.89. The molecule has 0 heterocycles. The van der Waals surface area contributed by atoms with Crippen LogP contribution in [-0.4, -0.2) is 35.1 Å². The number of hydrogen-bond acceptors (Lipinski definition) is 3. The van der Waals surface area contributed by atoms with E-state index in [1.165, 1.54) is 0 Å². The van der Waals surface area contributed by atoms with Gasteiger partial charge in [-0.05, 0) is 32.0 Å². The number of alkyl halides is 3. The third-order valence-electron chi connectivity index (χ3n) is 2.87. The molecule has 0 amide bonds. The minimum absolute atomic E-state index is 0.0297. The molecular formula is C14H17F4NO2. The van der Waals surface area contributed by atoms with Gasteiger partial charge in [0.1, 0.15) is 11.6 Å². The zero-order chi connectivity index (χ0) is 16.2. The molecule has 1 rings (SSSR count). The molecule has 0 unspecified atom stereocenters. The highest BCUT2D eigenvalue weighted by molar-refractivity contribution is 5.97. The first-order chi connectivity index (χ1) is 9.64. The van der Waals surface area contributed by atoms with Crippen LogP contribution in [0.25, 0.3) is 0 Å². The second-order valence-electron chi connectivity index (χ2n) is 4.84. The van der Waals surface area contributed by atoms with Crippen molar-refractivity contribution >= 4 is 5.78 Å². The average Bonchev–Trinajstić information content (AvgIpc) is 2.31. The van der Waals surface area contributed by atoms with Crippen LogP contribution in [0.2, 0.25) is 0 Å². The van der Waals surface area contributed by atoms with Crippen LogP contribution in [0.5, 0.6) is 5.75 Å². The lowest BCUT2D eigenvalue weighted by molar-refractivity contribution is -0.147. The summed E-state index contributed by atoms with van der Waals surface area (Å²) in [5.41, 5.74) is -0.258. The Kier molecular flexibility index (Phi) is 5.71. The van der Waals surface area contributed by atoms with E-state index in [1.807, 2.05) is 0 Å². The maximum Gasteiger partial charge on any atom is 0.401 e. The Morgan fingerprint density at radius 3 is 2.43 bits per heavy atom. The summed E-state index contributed by atoms with van der Waals surface area (Å²) in [7, 11) is 0. The molecule has 1 N–H and O–H groups in total. The number of ketones is 1. The maximum absolute atomic E-state index is 13.4. The van der Waals surface area contributed by atoms with Crippen LogP contribution in [0.4, 0.5) is 17.6 Å². The van der Waals surface area contributed by atoms with E-state index in [0.717, 1.165) is 24.0 Å². The number of phenolic OH excluding ortho intramolecular Hbond substituents is 1. The van der Waals surface area contributed by atoms with Crippen molar-refractivity contribution in [1.82, 2.24) is 4.90 Å². The van der Waals surface area contributed by atoms with Crippen LogP contribution in [0, 0.1) is 5.82 Å². The number of nitrogens with zero attached hydrogens (tertiary/aromatic N) is 1. The quantitative estimate of drug-likeness (QED) is 0.646. The number of hydrogen-bond donors (Lipinski definition) is 1. The van der Waals surface area contributed by atoms with E-state index in [4.69, 9.17) is 0 Å². The van der Waals surface area contributed by atoms with Crippen LogP contribution >= 0.6 is 0 Å². The zero-order valence-electron chi connectivity index (χ0n) is 11.8. The van der Waals surface area contributed by atoms with Crippen LogP contribution in [0.1, 0.15) is 36.2 Å². The topological polar surface area (TPSA) is 40.5 Å². The number of Topliss-reactive ketones (excluding diaryl/α,β-unsaturated/α-hetero) is 1. The molecular weight excluding hydrogens is 290 g/mol. The Morgan fingerprint density at radius 1 is 1.33 bits per heavy atom. The van der Waals surface area contributed by atoms with Crippen molar-refractivity contribution in [3.05, 3.63) is 29.1 Å². The van der Waals surface area contributed by atoms with Gasteiger partial charge in [-0.15, -0.1) is 0 Å². The number of phenols is 1. The van der Waals surface area contributed by atoms with Gasteiger partial charge >= 0.3 is 6.18 Å². The molecule has 0 aliphatic rings. The molecule has 0 fully saturated rings. The van der Waals surface area contributed by atoms with Gasteiger partial charge in [0.15, 0.2) is 5.78 Å². The molecule has 0 spiro atoms. The zero-order valence-corrected chi connectivity index (χ0v) is 11.8. The van der Waals surface area contributed by atoms with Gasteiger partial charge in [0.05, 0.1) is 12.1 Å². The molecule has 0 aromatic heterocycles. The lowest BCUT2D eigenvalue weighted by Gasteiger charge is -2.23. The van der Waals surface area contributed by atoms with Gasteiger partial charge in [0.2, 0.25) is 0 Å². The van der Waals surface area contributed by atoms with Crippen LogP contribution in [0.15, 0.2) is 12.1 Å². The number of halogens is 4. The van der Waals surface area contributed by atoms with Gasteiger partial charge in [-0.25, -0.2) is 4.39 Å². The van der Waals surface area contributed by atoms with Gasteiger partial charge < -0.3 is 5.11 Å². The van der Waals surface area contributed by atoms with E-state index in [9.17, 15) is 27.5 Å². The first-order valence-electron chi connectivity index (χ1n) is 6.45. The highest BCUT2D eigenvalue weighted by Gasteiger charge is 2.31. The summed E-state index contributed by atoms with van der Waals surface area (Å²) in [5.74, 6) is -1.78. The third kappa shape index (κ3) is 5.34.